The minimum absolute atomic E-state index is 0. The number of nitrogens with one attached hydrogen (secondary N) is 2. The number of carboxylic acids is 1. The first-order chi connectivity index (χ1) is 16.0. The molecule has 0 saturated heterocycles. The van der Waals surface area contributed by atoms with Gasteiger partial charge in [0.1, 0.15) is 17.3 Å². The van der Waals surface area contributed by atoms with Gasteiger partial charge in [0.05, 0.1) is 11.1 Å². The van der Waals surface area contributed by atoms with E-state index in [2.05, 4.69) is 10.6 Å². The van der Waals surface area contributed by atoms with Gasteiger partial charge in [-0.2, -0.15) is 0 Å². The Bertz CT molecular complexity index is 1350. The maximum atomic E-state index is 14.3. The summed E-state index contributed by atoms with van der Waals surface area (Å²) in [5.41, 5.74) is -0.564. The van der Waals surface area contributed by atoms with Crippen molar-refractivity contribution in [2.75, 3.05) is 5.32 Å². The van der Waals surface area contributed by atoms with Gasteiger partial charge in [-0.25, -0.2) is 13.6 Å². The molecule has 2 aromatic carbocycles. The second-order valence-corrected chi connectivity index (χ2v) is 7.94. The molecule has 2 N–H and O–H groups in total. The van der Waals surface area contributed by atoms with Gasteiger partial charge in [0.15, 0.2) is 0 Å². The average molecular weight is 536 g/mol. The van der Waals surface area contributed by atoms with E-state index in [-0.39, 0.29) is 86.4 Å². The zero-order chi connectivity index (χ0) is 25.2. The van der Waals surface area contributed by atoms with Crippen LogP contribution < -0.4 is 85.5 Å². The molecule has 0 bridgehead atoms. The fourth-order valence-corrected chi connectivity index (χ4v) is 3.55. The summed E-state index contributed by atoms with van der Waals surface area (Å²) < 4.78 is 28.9. The molecule has 0 aliphatic rings. The van der Waals surface area contributed by atoms with Crippen molar-refractivity contribution < 1.29 is 87.7 Å². The number of pyridine rings is 1. The number of halogens is 3. The molecule has 0 radical (unpaired) electrons. The molecule has 0 spiro atoms. The Balaban J connectivity index is 0.00000324. The van der Waals surface area contributed by atoms with E-state index in [9.17, 15) is 33.4 Å². The zero-order valence-electron chi connectivity index (χ0n) is 19.9. The molecular formula is C23H18ClF2N3Na2O5. The molecular weight excluding hydrogens is 518 g/mol. The second-order valence-electron chi connectivity index (χ2n) is 7.53. The summed E-state index contributed by atoms with van der Waals surface area (Å²) in [5, 5.41) is 27.8. The van der Waals surface area contributed by atoms with Crippen molar-refractivity contribution in [1.82, 2.24) is 9.88 Å². The number of carbonyl (C=O) groups is 2. The normalized spacial score (nSPS) is 11.0. The van der Waals surface area contributed by atoms with Crippen molar-refractivity contribution >= 4 is 29.3 Å². The van der Waals surface area contributed by atoms with Gasteiger partial charge in [-0.1, -0.05) is 35.5 Å². The first-order valence-corrected chi connectivity index (χ1v) is 10.2. The first kappa shape index (κ1) is 32.1. The molecule has 36 heavy (non-hydrogen) atoms. The monoisotopic (exact) mass is 535 g/mol. The van der Waals surface area contributed by atoms with Gasteiger partial charge in [0.25, 0.3) is 5.56 Å². The molecule has 1 aromatic heterocycles. The van der Waals surface area contributed by atoms with Crippen molar-refractivity contribution in [3.05, 3.63) is 80.7 Å². The number of benzene rings is 2. The molecule has 178 valence electrons. The second kappa shape index (κ2) is 13.6. The van der Waals surface area contributed by atoms with Gasteiger partial charge in [-0.15, -0.1) is 0 Å². The van der Waals surface area contributed by atoms with Gasteiger partial charge >= 0.3 is 65.1 Å². The quantitative estimate of drug-likeness (QED) is 0.249. The standard InChI is InChI=1S/C23H20ClF2N3O5.2Na/c1-11-10-29(2)22(33)20(21(11)32)28-23(34)27-18(9-19(30)31)13-5-3-4-12(6-13)14-7-15(24)17(26)8-16(14)25;;/h3-8,10,18,32H,9H2,1-2H3,(H,30,31)(H2,27,28,34);;/q;2*+1/p-2. The fourth-order valence-electron chi connectivity index (χ4n) is 3.38. The molecule has 0 saturated carbocycles. The van der Waals surface area contributed by atoms with Crippen molar-refractivity contribution in [1.29, 1.82) is 0 Å². The Labute approximate surface area is 254 Å². The number of aromatic nitrogens is 1. The Morgan fingerprint density at radius 2 is 1.81 bits per heavy atom. The topological polar surface area (TPSA) is 126 Å². The zero-order valence-corrected chi connectivity index (χ0v) is 24.7. The van der Waals surface area contributed by atoms with Gasteiger partial charge in [0.2, 0.25) is 0 Å². The number of aliphatic carboxylic acids is 1. The van der Waals surface area contributed by atoms with Crippen LogP contribution in [0.1, 0.15) is 23.6 Å². The third-order valence-corrected chi connectivity index (χ3v) is 5.32. The van der Waals surface area contributed by atoms with Crippen LogP contribution in [-0.4, -0.2) is 16.6 Å². The molecule has 3 aromatic rings. The third-order valence-electron chi connectivity index (χ3n) is 5.03. The van der Waals surface area contributed by atoms with Crippen molar-refractivity contribution in [2.45, 2.75) is 19.4 Å². The van der Waals surface area contributed by atoms with E-state index < -0.39 is 53.1 Å². The summed E-state index contributed by atoms with van der Waals surface area (Å²) in [7, 11) is 1.41. The molecule has 1 heterocycles. The van der Waals surface area contributed by atoms with E-state index >= 15 is 0 Å². The minimum Gasteiger partial charge on any atom is -0.871 e. The number of carboxylic acid groups (broad SMARTS) is 1. The molecule has 8 nitrogen and oxygen atoms in total. The van der Waals surface area contributed by atoms with Crippen LogP contribution in [0, 0.1) is 18.6 Å². The Morgan fingerprint density at radius 1 is 1.14 bits per heavy atom. The maximum Gasteiger partial charge on any atom is 1.00 e. The van der Waals surface area contributed by atoms with Crippen molar-refractivity contribution in [3.63, 3.8) is 0 Å². The summed E-state index contributed by atoms with van der Waals surface area (Å²) >= 11 is 5.75. The molecule has 2 amide bonds. The van der Waals surface area contributed by atoms with Crippen LogP contribution in [0.3, 0.4) is 0 Å². The Hall–Kier alpha value is -1.92. The first-order valence-electron chi connectivity index (χ1n) is 9.87. The van der Waals surface area contributed by atoms with Crippen LogP contribution in [0.25, 0.3) is 11.1 Å². The van der Waals surface area contributed by atoms with E-state index in [0.29, 0.717) is 6.07 Å². The average Bonchev–Trinajstić information content (AvgIpc) is 2.77. The number of carbonyl (C=O) groups excluding carboxylic acids is 2. The molecule has 0 fully saturated rings. The number of anilines is 1. The van der Waals surface area contributed by atoms with E-state index in [4.69, 9.17) is 11.6 Å². The maximum absolute atomic E-state index is 14.3. The summed E-state index contributed by atoms with van der Waals surface area (Å²) in [5.74, 6) is -4.00. The van der Waals surface area contributed by atoms with E-state index in [1.807, 2.05) is 0 Å². The summed E-state index contributed by atoms with van der Waals surface area (Å²) in [4.78, 5) is 36.1. The third kappa shape index (κ3) is 7.55. The number of hydrogen-bond donors (Lipinski definition) is 2. The van der Waals surface area contributed by atoms with Gasteiger partial charge in [0, 0.05) is 37.3 Å². The molecule has 1 atom stereocenters. The van der Waals surface area contributed by atoms with E-state index in [1.54, 1.807) is 0 Å². The molecule has 3 rings (SSSR count). The van der Waals surface area contributed by atoms with E-state index in [1.165, 1.54) is 44.4 Å². The minimum atomic E-state index is -1.50. The van der Waals surface area contributed by atoms with Crippen LogP contribution in [-0.2, 0) is 11.8 Å². The molecule has 0 aliphatic carbocycles. The van der Waals surface area contributed by atoms with Crippen LogP contribution in [0.5, 0.6) is 5.75 Å². The van der Waals surface area contributed by atoms with Gasteiger partial charge in [-0.05, 0) is 35.7 Å². The number of rotatable bonds is 6. The largest absolute Gasteiger partial charge is 1.00 e. The smallest absolute Gasteiger partial charge is 0.871 e. The van der Waals surface area contributed by atoms with E-state index in [0.717, 1.165) is 10.6 Å². The number of hydrogen-bond acceptors (Lipinski definition) is 5. The number of amides is 2. The van der Waals surface area contributed by atoms with Crippen LogP contribution in [0.4, 0.5) is 19.3 Å². The molecule has 1 unspecified atom stereocenters. The Morgan fingerprint density at radius 3 is 2.44 bits per heavy atom. The SMILES string of the molecule is Cc1cn(C)c(=O)c(NC(=O)NC(CC(=O)[O-])c2cccc(-c3cc(Cl)c(F)cc3F)c2)c1[O-].[Na+].[Na+]. The predicted molar refractivity (Wildman–Crippen MR) is 117 cm³/mol. The molecule has 13 heteroatoms. The van der Waals surface area contributed by atoms with Crippen LogP contribution in [0.15, 0.2) is 47.4 Å². The van der Waals surface area contributed by atoms with Crippen LogP contribution in [0.2, 0.25) is 5.02 Å². The van der Waals surface area contributed by atoms with Crippen LogP contribution >= 0.6 is 11.6 Å². The van der Waals surface area contributed by atoms with Gasteiger partial charge in [-0.3, -0.25) is 4.79 Å². The van der Waals surface area contributed by atoms with Crippen molar-refractivity contribution in [2.24, 2.45) is 7.05 Å². The number of aryl methyl sites for hydroxylation is 2. The van der Waals surface area contributed by atoms with Gasteiger partial charge < -0.3 is 30.2 Å². The molecule has 0 aliphatic heterocycles. The summed E-state index contributed by atoms with van der Waals surface area (Å²) in [6.07, 6.45) is 0.651. The summed E-state index contributed by atoms with van der Waals surface area (Å²) in [6, 6.07) is 5.37. The van der Waals surface area contributed by atoms with Crippen molar-refractivity contribution in [3.8, 4) is 16.9 Å². The fraction of sp³-hybridized carbons (Fsp3) is 0.174. The number of urea groups is 1. The number of nitrogens with zero attached hydrogens (tertiary/aromatic N) is 1. The summed E-state index contributed by atoms with van der Waals surface area (Å²) in [6.45, 7) is 1.47. The Kier molecular flexibility index (Phi) is 12.1. The predicted octanol–water partition coefficient (Wildman–Crippen LogP) is -3.62.